The first kappa shape index (κ1) is 15.4. The predicted octanol–water partition coefficient (Wildman–Crippen LogP) is 3.06. The summed E-state index contributed by atoms with van der Waals surface area (Å²) in [5.74, 6) is -1.09. The van der Waals surface area contributed by atoms with E-state index in [4.69, 9.17) is 14.6 Å². The van der Waals surface area contributed by atoms with Gasteiger partial charge in [0.25, 0.3) is 0 Å². The topological polar surface area (TPSA) is 55.8 Å². The van der Waals surface area contributed by atoms with Crippen molar-refractivity contribution in [3.8, 4) is 0 Å². The maximum Gasteiger partial charge on any atom is 0.303 e. The molecule has 2 atom stereocenters. The van der Waals surface area contributed by atoms with Crippen molar-refractivity contribution in [2.24, 2.45) is 11.8 Å². The van der Waals surface area contributed by atoms with Gasteiger partial charge in [0.15, 0.2) is 5.79 Å². The Bertz CT molecular complexity index is 253. The van der Waals surface area contributed by atoms with Crippen LogP contribution in [0.4, 0.5) is 0 Å². The van der Waals surface area contributed by atoms with Gasteiger partial charge in [-0.15, -0.1) is 0 Å². The van der Waals surface area contributed by atoms with Crippen molar-refractivity contribution in [1.82, 2.24) is 0 Å². The lowest BCUT2D eigenvalue weighted by molar-refractivity contribution is -0.287. The fraction of sp³-hybridized carbons (Fsp3) is 0.929. The smallest absolute Gasteiger partial charge is 0.303 e. The number of ether oxygens (including phenoxy) is 2. The number of rotatable bonds is 7. The summed E-state index contributed by atoms with van der Waals surface area (Å²) in [5, 5.41) is 9.14. The molecule has 4 heteroatoms. The SMILES string of the molecule is CCOC1(OCC)CCC[C@H](CC)[C@H]1CC(=O)O. The second kappa shape index (κ2) is 7.10. The molecule has 0 aromatic heterocycles. The van der Waals surface area contributed by atoms with E-state index in [-0.39, 0.29) is 12.3 Å². The Morgan fingerprint density at radius 2 is 1.89 bits per heavy atom. The Morgan fingerprint density at radius 3 is 2.33 bits per heavy atom. The highest BCUT2D eigenvalue weighted by Crippen LogP contribution is 2.44. The number of carboxylic acid groups (broad SMARTS) is 1. The molecule has 0 unspecified atom stereocenters. The molecule has 0 aromatic rings. The maximum absolute atomic E-state index is 11.1. The summed E-state index contributed by atoms with van der Waals surface area (Å²) in [6, 6.07) is 0. The molecule has 106 valence electrons. The summed E-state index contributed by atoms with van der Waals surface area (Å²) in [6.07, 6.45) is 4.06. The largest absolute Gasteiger partial charge is 0.481 e. The molecule has 1 fully saturated rings. The van der Waals surface area contributed by atoms with Gasteiger partial charge in [0.05, 0.1) is 6.42 Å². The van der Waals surface area contributed by atoms with Crippen molar-refractivity contribution < 1.29 is 19.4 Å². The number of hydrogen-bond donors (Lipinski definition) is 1. The minimum absolute atomic E-state index is 0.0337. The van der Waals surface area contributed by atoms with Gasteiger partial charge < -0.3 is 14.6 Å². The van der Waals surface area contributed by atoms with Crippen LogP contribution in [0, 0.1) is 11.8 Å². The highest BCUT2D eigenvalue weighted by atomic mass is 16.7. The van der Waals surface area contributed by atoms with Gasteiger partial charge in [-0.25, -0.2) is 0 Å². The van der Waals surface area contributed by atoms with Gasteiger partial charge in [0.1, 0.15) is 0 Å². The van der Waals surface area contributed by atoms with Crippen LogP contribution in [0.5, 0.6) is 0 Å². The minimum atomic E-state index is -0.760. The Morgan fingerprint density at radius 1 is 1.28 bits per heavy atom. The summed E-state index contributed by atoms with van der Waals surface area (Å²) >= 11 is 0. The van der Waals surface area contributed by atoms with Gasteiger partial charge in [-0.3, -0.25) is 4.79 Å². The van der Waals surface area contributed by atoms with Crippen molar-refractivity contribution >= 4 is 5.97 Å². The van der Waals surface area contributed by atoms with E-state index in [1.807, 2.05) is 13.8 Å². The van der Waals surface area contributed by atoms with Crippen LogP contribution >= 0.6 is 0 Å². The van der Waals surface area contributed by atoms with E-state index in [1.54, 1.807) is 0 Å². The van der Waals surface area contributed by atoms with Gasteiger partial charge in [0.2, 0.25) is 0 Å². The molecule has 0 bridgehead atoms. The van der Waals surface area contributed by atoms with Crippen molar-refractivity contribution in [2.75, 3.05) is 13.2 Å². The Hall–Kier alpha value is -0.610. The van der Waals surface area contributed by atoms with Crippen LogP contribution in [0.25, 0.3) is 0 Å². The number of carboxylic acids is 1. The summed E-state index contributed by atoms with van der Waals surface area (Å²) in [5.41, 5.74) is 0. The van der Waals surface area contributed by atoms with Crippen LogP contribution in [0.15, 0.2) is 0 Å². The summed E-state index contributed by atoms with van der Waals surface area (Å²) < 4.78 is 11.7. The first-order valence-corrected chi connectivity index (χ1v) is 7.09. The molecular formula is C14H26O4. The van der Waals surface area contributed by atoms with Crippen LogP contribution in [-0.4, -0.2) is 30.1 Å². The van der Waals surface area contributed by atoms with Gasteiger partial charge in [-0.05, 0) is 32.6 Å². The van der Waals surface area contributed by atoms with Crippen molar-refractivity contribution in [3.05, 3.63) is 0 Å². The number of aliphatic carboxylic acids is 1. The lowest BCUT2D eigenvalue weighted by Gasteiger charge is -2.46. The third-order valence-corrected chi connectivity index (χ3v) is 3.93. The second-order valence-corrected chi connectivity index (χ2v) is 4.94. The highest BCUT2D eigenvalue weighted by Gasteiger charge is 2.47. The Labute approximate surface area is 110 Å². The molecule has 18 heavy (non-hydrogen) atoms. The first-order chi connectivity index (χ1) is 8.59. The Kier molecular flexibility index (Phi) is 6.09. The molecule has 1 rings (SSSR count). The molecule has 1 N–H and O–H groups in total. The van der Waals surface area contributed by atoms with Crippen molar-refractivity contribution in [2.45, 2.75) is 58.7 Å². The molecule has 0 aromatic carbocycles. The molecule has 0 aliphatic heterocycles. The Balaban J connectivity index is 2.95. The quantitative estimate of drug-likeness (QED) is 0.713. The second-order valence-electron chi connectivity index (χ2n) is 4.94. The lowest BCUT2D eigenvalue weighted by atomic mass is 9.72. The summed E-state index contributed by atoms with van der Waals surface area (Å²) in [7, 11) is 0. The fourth-order valence-corrected chi connectivity index (χ4v) is 3.24. The lowest BCUT2D eigenvalue weighted by Crippen LogP contribution is -2.50. The average molecular weight is 258 g/mol. The van der Waals surface area contributed by atoms with Crippen LogP contribution in [-0.2, 0) is 14.3 Å². The molecule has 0 radical (unpaired) electrons. The molecule has 1 saturated carbocycles. The first-order valence-electron chi connectivity index (χ1n) is 7.09. The van der Waals surface area contributed by atoms with Crippen LogP contribution in [0.3, 0.4) is 0 Å². The molecule has 1 aliphatic carbocycles. The average Bonchev–Trinajstić information content (AvgIpc) is 2.32. The zero-order valence-corrected chi connectivity index (χ0v) is 11.8. The highest BCUT2D eigenvalue weighted by molar-refractivity contribution is 5.67. The third-order valence-electron chi connectivity index (χ3n) is 3.93. The van der Waals surface area contributed by atoms with E-state index in [0.29, 0.717) is 19.1 Å². The molecule has 0 saturated heterocycles. The summed E-state index contributed by atoms with van der Waals surface area (Å²) in [6.45, 7) is 7.12. The van der Waals surface area contributed by atoms with Crippen molar-refractivity contribution in [3.63, 3.8) is 0 Å². The third kappa shape index (κ3) is 3.45. The van der Waals surface area contributed by atoms with E-state index in [9.17, 15) is 4.79 Å². The summed E-state index contributed by atoms with van der Waals surface area (Å²) in [4.78, 5) is 11.1. The molecule has 0 amide bonds. The van der Waals surface area contributed by atoms with E-state index in [2.05, 4.69) is 6.92 Å². The van der Waals surface area contributed by atoms with Gasteiger partial charge >= 0.3 is 5.97 Å². The fourth-order valence-electron chi connectivity index (χ4n) is 3.24. The maximum atomic E-state index is 11.1. The van der Waals surface area contributed by atoms with Gasteiger partial charge in [-0.2, -0.15) is 0 Å². The zero-order chi connectivity index (χ0) is 13.6. The minimum Gasteiger partial charge on any atom is -0.481 e. The van der Waals surface area contributed by atoms with E-state index >= 15 is 0 Å². The van der Waals surface area contributed by atoms with Gasteiger partial charge in [0, 0.05) is 25.6 Å². The van der Waals surface area contributed by atoms with Crippen LogP contribution in [0.2, 0.25) is 0 Å². The predicted molar refractivity (Wildman–Crippen MR) is 69.4 cm³/mol. The van der Waals surface area contributed by atoms with Crippen LogP contribution in [0.1, 0.15) is 52.9 Å². The normalized spacial score (nSPS) is 27.1. The number of carbonyl (C=O) groups is 1. The molecule has 0 spiro atoms. The van der Waals surface area contributed by atoms with E-state index in [1.165, 1.54) is 0 Å². The van der Waals surface area contributed by atoms with Crippen LogP contribution < -0.4 is 0 Å². The van der Waals surface area contributed by atoms with E-state index < -0.39 is 11.8 Å². The molecule has 0 heterocycles. The van der Waals surface area contributed by atoms with Gasteiger partial charge in [-0.1, -0.05) is 13.3 Å². The molecular weight excluding hydrogens is 232 g/mol. The van der Waals surface area contributed by atoms with Crippen molar-refractivity contribution in [1.29, 1.82) is 0 Å². The zero-order valence-electron chi connectivity index (χ0n) is 11.8. The standard InChI is InChI=1S/C14H26O4/c1-4-11-8-7-9-14(17-5-2,18-6-3)12(11)10-13(15)16/h11-12H,4-10H2,1-3H3,(H,15,16)/t11-,12+/m0/s1. The number of hydrogen-bond acceptors (Lipinski definition) is 3. The molecule has 4 nitrogen and oxygen atoms in total. The molecule has 1 aliphatic rings. The van der Waals surface area contributed by atoms with E-state index in [0.717, 1.165) is 25.7 Å². The monoisotopic (exact) mass is 258 g/mol.